The van der Waals surface area contributed by atoms with Gasteiger partial charge in [-0.15, -0.1) is 0 Å². The number of carbonyl (C=O) groups is 1. The van der Waals surface area contributed by atoms with E-state index in [9.17, 15) is 4.79 Å². The lowest BCUT2D eigenvalue weighted by molar-refractivity contribution is 0.0806. The lowest BCUT2D eigenvalue weighted by Crippen LogP contribution is -2.08. The average Bonchev–Trinajstić information content (AvgIpc) is 2.25. The largest absolute Gasteiger partial charge is 0.369 e. The van der Waals surface area contributed by atoms with Crippen molar-refractivity contribution in [1.82, 2.24) is 0 Å². The van der Waals surface area contributed by atoms with E-state index in [-0.39, 0.29) is 12.4 Å². The molecule has 0 radical (unpaired) electrons. The van der Waals surface area contributed by atoms with Gasteiger partial charge in [-0.2, -0.15) is 0 Å². The van der Waals surface area contributed by atoms with E-state index >= 15 is 0 Å². The fourth-order valence-electron chi connectivity index (χ4n) is 1.02. The van der Waals surface area contributed by atoms with Gasteiger partial charge in [0.2, 0.25) is 0 Å². The van der Waals surface area contributed by atoms with Crippen molar-refractivity contribution in [2.75, 3.05) is 13.2 Å². The Morgan fingerprint density at radius 2 is 2.07 bits per heavy atom. The second kappa shape index (κ2) is 6.11. The summed E-state index contributed by atoms with van der Waals surface area (Å²) in [4.78, 5) is 11.5. The molecule has 2 heteroatoms. The quantitative estimate of drug-likeness (QED) is 0.405. The first-order chi connectivity index (χ1) is 6.84. The van der Waals surface area contributed by atoms with Crippen LogP contribution in [0.25, 0.3) is 0 Å². The minimum Gasteiger partial charge on any atom is -0.369 e. The van der Waals surface area contributed by atoms with E-state index in [1.54, 1.807) is 12.1 Å². The second-order valence-corrected chi connectivity index (χ2v) is 2.87. The monoisotopic (exact) mass is 190 g/mol. The van der Waals surface area contributed by atoms with Crippen molar-refractivity contribution in [3.63, 3.8) is 0 Å². The number of hydrogen-bond donors (Lipinski definition) is 0. The highest BCUT2D eigenvalue weighted by Crippen LogP contribution is 1.99. The molecule has 0 spiro atoms. The van der Waals surface area contributed by atoms with Gasteiger partial charge in [-0.1, -0.05) is 42.5 Å². The van der Waals surface area contributed by atoms with Crippen molar-refractivity contribution in [3.05, 3.63) is 48.0 Å². The smallest absolute Gasteiger partial charge is 0.188 e. The molecule has 0 bridgehead atoms. The molecule has 1 aromatic carbocycles. The van der Waals surface area contributed by atoms with Crippen LogP contribution in [0.15, 0.2) is 42.5 Å². The summed E-state index contributed by atoms with van der Waals surface area (Å²) in [7, 11) is 0. The zero-order valence-corrected chi connectivity index (χ0v) is 8.27. The number of benzene rings is 1. The fourth-order valence-corrected chi connectivity index (χ4v) is 1.02. The van der Waals surface area contributed by atoms with Crippen LogP contribution >= 0.6 is 0 Å². The molecule has 0 N–H and O–H groups in total. The summed E-state index contributed by atoms with van der Waals surface area (Å²) in [6.45, 7) is 2.56. The van der Waals surface area contributed by atoms with Gasteiger partial charge < -0.3 is 4.74 Å². The molecule has 0 unspecified atom stereocenters. The Morgan fingerprint density at radius 1 is 1.36 bits per heavy atom. The van der Waals surface area contributed by atoms with Crippen LogP contribution in [-0.2, 0) is 4.74 Å². The lowest BCUT2D eigenvalue weighted by atomic mass is 10.1. The van der Waals surface area contributed by atoms with Gasteiger partial charge in [0.1, 0.15) is 6.61 Å². The number of ketones is 1. The minimum atomic E-state index is 0.0232. The first-order valence-electron chi connectivity index (χ1n) is 4.61. The van der Waals surface area contributed by atoms with E-state index in [0.29, 0.717) is 12.2 Å². The molecular formula is C12H14O2. The highest BCUT2D eigenvalue weighted by atomic mass is 16.5. The highest BCUT2D eigenvalue weighted by Gasteiger charge is 2.03. The molecule has 1 rings (SSSR count). The van der Waals surface area contributed by atoms with Crippen molar-refractivity contribution in [3.8, 4) is 0 Å². The molecule has 0 aromatic heterocycles. The maximum absolute atomic E-state index is 11.5. The predicted molar refractivity (Wildman–Crippen MR) is 56.4 cm³/mol. The second-order valence-electron chi connectivity index (χ2n) is 2.87. The molecule has 0 aliphatic heterocycles. The third kappa shape index (κ3) is 3.54. The number of Topliss-reactive ketones (excluding diaryl/α,β-unsaturated/α-hetero) is 1. The Morgan fingerprint density at radius 3 is 2.71 bits per heavy atom. The maximum Gasteiger partial charge on any atom is 0.188 e. The summed E-state index contributed by atoms with van der Waals surface area (Å²) in [5, 5.41) is 0. The third-order valence-corrected chi connectivity index (χ3v) is 1.78. The average molecular weight is 190 g/mol. The molecule has 0 fully saturated rings. The van der Waals surface area contributed by atoms with Crippen LogP contribution in [0.4, 0.5) is 0 Å². The van der Waals surface area contributed by atoms with Crippen molar-refractivity contribution >= 4 is 5.78 Å². The number of allylic oxidation sites excluding steroid dienone is 1. The number of ether oxygens (including phenoxy) is 1. The first kappa shape index (κ1) is 10.7. The van der Waals surface area contributed by atoms with Gasteiger partial charge in [0.25, 0.3) is 0 Å². The van der Waals surface area contributed by atoms with Gasteiger partial charge in [-0.3, -0.25) is 4.79 Å². The zero-order valence-electron chi connectivity index (χ0n) is 8.27. The van der Waals surface area contributed by atoms with Crippen molar-refractivity contribution in [2.45, 2.75) is 6.92 Å². The first-order valence-corrected chi connectivity index (χ1v) is 4.61. The number of rotatable bonds is 5. The van der Waals surface area contributed by atoms with Crippen LogP contribution in [0, 0.1) is 0 Å². The summed E-state index contributed by atoms with van der Waals surface area (Å²) in [6.07, 6.45) is 3.77. The topological polar surface area (TPSA) is 26.3 Å². The third-order valence-electron chi connectivity index (χ3n) is 1.78. The summed E-state index contributed by atoms with van der Waals surface area (Å²) in [6, 6.07) is 9.17. The van der Waals surface area contributed by atoms with E-state index in [1.165, 1.54) is 0 Å². The summed E-state index contributed by atoms with van der Waals surface area (Å²) in [5.41, 5.74) is 0.702. The van der Waals surface area contributed by atoms with E-state index in [4.69, 9.17) is 4.74 Å². The molecule has 74 valence electrons. The van der Waals surface area contributed by atoms with E-state index in [2.05, 4.69) is 0 Å². The van der Waals surface area contributed by atoms with Gasteiger partial charge in [-0.25, -0.2) is 0 Å². The predicted octanol–water partition coefficient (Wildman–Crippen LogP) is 2.46. The van der Waals surface area contributed by atoms with Crippen LogP contribution in [0.5, 0.6) is 0 Å². The highest BCUT2D eigenvalue weighted by molar-refractivity contribution is 5.96. The fraction of sp³-hybridized carbons (Fsp3) is 0.250. The number of hydrogen-bond acceptors (Lipinski definition) is 2. The van der Waals surface area contributed by atoms with Crippen LogP contribution < -0.4 is 0 Å². The summed E-state index contributed by atoms with van der Waals surface area (Å²) in [5.74, 6) is 0.0232. The molecule has 0 aliphatic rings. The van der Waals surface area contributed by atoms with E-state index in [0.717, 1.165) is 0 Å². The van der Waals surface area contributed by atoms with Gasteiger partial charge >= 0.3 is 0 Å². The molecule has 14 heavy (non-hydrogen) atoms. The Labute approximate surface area is 84.2 Å². The minimum absolute atomic E-state index is 0.0232. The van der Waals surface area contributed by atoms with Crippen LogP contribution in [-0.4, -0.2) is 19.0 Å². The zero-order chi connectivity index (χ0) is 10.2. The Kier molecular flexibility index (Phi) is 4.65. The lowest BCUT2D eigenvalue weighted by Gasteiger charge is -2.00. The maximum atomic E-state index is 11.5. The Bertz CT molecular complexity index is 301. The van der Waals surface area contributed by atoms with E-state index < -0.39 is 0 Å². The van der Waals surface area contributed by atoms with Crippen molar-refractivity contribution in [1.29, 1.82) is 0 Å². The van der Waals surface area contributed by atoms with Crippen LogP contribution in [0.3, 0.4) is 0 Å². The Hall–Kier alpha value is -1.41. The van der Waals surface area contributed by atoms with Gasteiger partial charge in [-0.05, 0) is 6.92 Å². The van der Waals surface area contributed by atoms with Crippen molar-refractivity contribution < 1.29 is 9.53 Å². The normalized spacial score (nSPS) is 10.6. The Balaban J connectivity index is 2.36. The van der Waals surface area contributed by atoms with Gasteiger partial charge in [0, 0.05) is 5.56 Å². The molecule has 1 aromatic rings. The molecule has 0 amide bonds. The standard InChI is InChI=1S/C12H14O2/c1-2-3-9-14-10-12(13)11-7-5-4-6-8-11/h2-8H,9-10H2,1H3. The summed E-state index contributed by atoms with van der Waals surface area (Å²) < 4.78 is 5.15. The molecule has 0 saturated carbocycles. The molecule has 0 aliphatic carbocycles. The van der Waals surface area contributed by atoms with Gasteiger partial charge in [0.15, 0.2) is 5.78 Å². The molecule has 2 nitrogen and oxygen atoms in total. The van der Waals surface area contributed by atoms with Crippen LogP contribution in [0.1, 0.15) is 17.3 Å². The van der Waals surface area contributed by atoms with Gasteiger partial charge in [0.05, 0.1) is 6.61 Å². The van der Waals surface area contributed by atoms with Crippen LogP contribution in [0.2, 0.25) is 0 Å². The molecule has 0 saturated heterocycles. The number of carbonyl (C=O) groups excluding carboxylic acids is 1. The van der Waals surface area contributed by atoms with E-state index in [1.807, 2.05) is 37.3 Å². The summed E-state index contributed by atoms with van der Waals surface area (Å²) >= 11 is 0. The molecule has 0 atom stereocenters. The van der Waals surface area contributed by atoms with Crippen molar-refractivity contribution in [2.24, 2.45) is 0 Å². The molecule has 0 heterocycles. The SMILES string of the molecule is CC=CCOCC(=O)c1ccccc1. The molecular weight excluding hydrogens is 176 g/mol.